The van der Waals surface area contributed by atoms with Crippen LogP contribution >= 0.6 is 0 Å². The van der Waals surface area contributed by atoms with Crippen molar-refractivity contribution in [2.75, 3.05) is 13.7 Å². The number of amides is 1. The van der Waals surface area contributed by atoms with Gasteiger partial charge in [0.1, 0.15) is 6.10 Å². The Labute approximate surface area is 128 Å². The quantitative estimate of drug-likeness (QED) is 0.833. The number of rotatable bonds is 6. The van der Waals surface area contributed by atoms with Gasteiger partial charge in [-0.3, -0.25) is 4.79 Å². The average molecular weight is 304 g/mol. The van der Waals surface area contributed by atoms with Crippen LogP contribution in [0.2, 0.25) is 0 Å². The number of nitrogens with one attached hydrogen (secondary N) is 1. The molecule has 2 rings (SSSR count). The standard InChI is InChI=1S/C16H17FN2O3/c1-11(22-14-6-4-3-5-13(14)21-2)10-19-16(20)12-7-8-18-15(17)9-12/h3-9,11H,10H2,1-2H3,(H,19,20)/t11-/m0/s1. The van der Waals surface area contributed by atoms with Crippen LogP contribution in [0.15, 0.2) is 42.6 Å². The average Bonchev–Trinajstić information content (AvgIpc) is 2.53. The molecule has 0 aliphatic rings. The Balaban J connectivity index is 1.90. The maximum absolute atomic E-state index is 13.0. The summed E-state index contributed by atoms with van der Waals surface area (Å²) in [5, 5.41) is 2.68. The summed E-state index contributed by atoms with van der Waals surface area (Å²) in [4.78, 5) is 15.3. The van der Waals surface area contributed by atoms with Crippen LogP contribution in [-0.4, -0.2) is 30.6 Å². The molecule has 1 amide bonds. The summed E-state index contributed by atoms with van der Waals surface area (Å²) in [6.45, 7) is 2.10. The third kappa shape index (κ3) is 4.18. The third-order valence-corrected chi connectivity index (χ3v) is 2.94. The van der Waals surface area contributed by atoms with Gasteiger partial charge >= 0.3 is 0 Å². The first-order valence-corrected chi connectivity index (χ1v) is 6.79. The normalized spacial score (nSPS) is 11.6. The van der Waals surface area contributed by atoms with Crippen LogP contribution in [-0.2, 0) is 0 Å². The van der Waals surface area contributed by atoms with Crippen molar-refractivity contribution in [2.24, 2.45) is 0 Å². The predicted molar refractivity (Wildman–Crippen MR) is 79.6 cm³/mol. The zero-order valence-electron chi connectivity index (χ0n) is 12.4. The Hall–Kier alpha value is -2.63. The molecule has 0 radical (unpaired) electrons. The van der Waals surface area contributed by atoms with Gasteiger partial charge in [-0.1, -0.05) is 12.1 Å². The van der Waals surface area contributed by atoms with Crippen LogP contribution in [0.4, 0.5) is 4.39 Å². The minimum atomic E-state index is -0.689. The fraction of sp³-hybridized carbons (Fsp3) is 0.250. The lowest BCUT2D eigenvalue weighted by Crippen LogP contribution is -2.33. The highest BCUT2D eigenvalue weighted by Crippen LogP contribution is 2.26. The number of aromatic nitrogens is 1. The second-order valence-electron chi connectivity index (χ2n) is 4.66. The van der Waals surface area contributed by atoms with E-state index < -0.39 is 5.95 Å². The number of pyridine rings is 1. The SMILES string of the molecule is COc1ccccc1O[C@@H](C)CNC(=O)c1ccnc(F)c1. The monoisotopic (exact) mass is 304 g/mol. The zero-order chi connectivity index (χ0) is 15.9. The number of carbonyl (C=O) groups excluding carboxylic acids is 1. The van der Waals surface area contributed by atoms with E-state index in [1.807, 2.05) is 19.1 Å². The molecular weight excluding hydrogens is 287 g/mol. The number of halogens is 1. The van der Waals surface area contributed by atoms with Crippen molar-refractivity contribution in [1.82, 2.24) is 10.3 Å². The van der Waals surface area contributed by atoms with Crippen molar-refractivity contribution in [3.05, 3.63) is 54.1 Å². The van der Waals surface area contributed by atoms with E-state index in [9.17, 15) is 9.18 Å². The molecule has 0 spiro atoms. The molecule has 0 unspecified atom stereocenters. The molecule has 0 bridgehead atoms. The van der Waals surface area contributed by atoms with Gasteiger partial charge in [0.2, 0.25) is 5.95 Å². The number of ether oxygens (including phenoxy) is 2. The highest BCUT2D eigenvalue weighted by molar-refractivity contribution is 5.94. The van der Waals surface area contributed by atoms with Crippen LogP contribution in [0.1, 0.15) is 17.3 Å². The molecule has 0 saturated carbocycles. The first kappa shape index (κ1) is 15.8. The van der Waals surface area contributed by atoms with Gasteiger partial charge in [-0.2, -0.15) is 4.39 Å². The summed E-state index contributed by atoms with van der Waals surface area (Å²) in [5.41, 5.74) is 0.219. The number of nitrogens with zero attached hydrogens (tertiary/aromatic N) is 1. The van der Waals surface area contributed by atoms with Crippen LogP contribution in [0.25, 0.3) is 0 Å². The molecule has 1 aromatic carbocycles. The molecule has 0 aliphatic heterocycles. The molecule has 1 N–H and O–H groups in total. The molecule has 6 heteroatoms. The minimum absolute atomic E-state index is 0.219. The van der Waals surface area contributed by atoms with Crippen molar-refractivity contribution < 1.29 is 18.7 Å². The molecule has 0 saturated heterocycles. The lowest BCUT2D eigenvalue weighted by Gasteiger charge is -2.17. The predicted octanol–water partition coefficient (Wildman–Crippen LogP) is 2.43. The first-order chi connectivity index (χ1) is 10.6. The van der Waals surface area contributed by atoms with E-state index >= 15 is 0 Å². The zero-order valence-corrected chi connectivity index (χ0v) is 12.4. The van der Waals surface area contributed by atoms with E-state index in [2.05, 4.69) is 10.3 Å². The lowest BCUT2D eigenvalue weighted by atomic mass is 10.2. The van der Waals surface area contributed by atoms with E-state index in [4.69, 9.17) is 9.47 Å². The fourth-order valence-corrected chi connectivity index (χ4v) is 1.86. The molecule has 1 aromatic heterocycles. The highest BCUT2D eigenvalue weighted by Gasteiger charge is 2.11. The highest BCUT2D eigenvalue weighted by atomic mass is 19.1. The molecule has 0 aliphatic carbocycles. The number of hydrogen-bond donors (Lipinski definition) is 1. The maximum Gasteiger partial charge on any atom is 0.251 e. The van der Waals surface area contributed by atoms with Gasteiger partial charge in [0.15, 0.2) is 11.5 Å². The van der Waals surface area contributed by atoms with Gasteiger partial charge in [0, 0.05) is 17.8 Å². The third-order valence-electron chi connectivity index (χ3n) is 2.94. The van der Waals surface area contributed by atoms with E-state index in [1.54, 1.807) is 19.2 Å². The van der Waals surface area contributed by atoms with Crippen molar-refractivity contribution in [1.29, 1.82) is 0 Å². The van der Waals surface area contributed by atoms with E-state index in [0.717, 1.165) is 6.07 Å². The van der Waals surface area contributed by atoms with Crippen LogP contribution in [0, 0.1) is 5.95 Å². The number of hydrogen-bond acceptors (Lipinski definition) is 4. The van der Waals surface area contributed by atoms with Crippen molar-refractivity contribution >= 4 is 5.91 Å². The number of methoxy groups -OCH3 is 1. The van der Waals surface area contributed by atoms with E-state index in [0.29, 0.717) is 11.5 Å². The van der Waals surface area contributed by atoms with Gasteiger partial charge in [-0.25, -0.2) is 4.98 Å². The smallest absolute Gasteiger partial charge is 0.251 e. The van der Waals surface area contributed by atoms with Crippen molar-refractivity contribution in [3.8, 4) is 11.5 Å². The van der Waals surface area contributed by atoms with Crippen molar-refractivity contribution in [2.45, 2.75) is 13.0 Å². The Kier molecular flexibility index (Phi) is 5.30. The van der Waals surface area contributed by atoms with Gasteiger partial charge < -0.3 is 14.8 Å². The van der Waals surface area contributed by atoms with E-state index in [1.165, 1.54) is 12.3 Å². The van der Waals surface area contributed by atoms with Gasteiger partial charge in [0.05, 0.1) is 13.7 Å². The van der Waals surface area contributed by atoms with Crippen LogP contribution < -0.4 is 14.8 Å². The van der Waals surface area contributed by atoms with Gasteiger partial charge in [0.25, 0.3) is 5.91 Å². The first-order valence-electron chi connectivity index (χ1n) is 6.79. The second kappa shape index (κ2) is 7.40. The fourth-order valence-electron chi connectivity index (χ4n) is 1.86. The second-order valence-corrected chi connectivity index (χ2v) is 4.66. The molecule has 5 nitrogen and oxygen atoms in total. The molecule has 1 atom stereocenters. The summed E-state index contributed by atoms with van der Waals surface area (Å²) in [6, 6.07) is 9.79. The molecule has 2 aromatic rings. The van der Waals surface area contributed by atoms with Crippen molar-refractivity contribution in [3.63, 3.8) is 0 Å². The summed E-state index contributed by atoms with van der Waals surface area (Å²) in [6.07, 6.45) is 0.978. The Morgan fingerprint density at radius 1 is 1.32 bits per heavy atom. The summed E-state index contributed by atoms with van der Waals surface area (Å²) in [5.74, 6) is 0.154. The topological polar surface area (TPSA) is 60.5 Å². The molecule has 116 valence electrons. The molecule has 0 fully saturated rings. The number of benzene rings is 1. The lowest BCUT2D eigenvalue weighted by molar-refractivity contribution is 0.0931. The van der Waals surface area contributed by atoms with E-state index in [-0.39, 0.29) is 24.1 Å². The number of carbonyl (C=O) groups is 1. The summed E-state index contributed by atoms with van der Waals surface area (Å²) in [7, 11) is 1.56. The summed E-state index contributed by atoms with van der Waals surface area (Å²) < 4.78 is 23.9. The largest absolute Gasteiger partial charge is 0.493 e. The summed E-state index contributed by atoms with van der Waals surface area (Å²) >= 11 is 0. The van der Waals surface area contributed by atoms with Crippen LogP contribution in [0.5, 0.6) is 11.5 Å². The van der Waals surface area contributed by atoms with Crippen LogP contribution in [0.3, 0.4) is 0 Å². The molecular formula is C16H17FN2O3. The number of para-hydroxylation sites is 2. The Morgan fingerprint density at radius 2 is 2.05 bits per heavy atom. The van der Waals surface area contributed by atoms with Gasteiger partial charge in [-0.15, -0.1) is 0 Å². The maximum atomic E-state index is 13.0. The Morgan fingerprint density at radius 3 is 2.73 bits per heavy atom. The molecule has 1 heterocycles. The molecule has 22 heavy (non-hydrogen) atoms. The minimum Gasteiger partial charge on any atom is -0.493 e. The Bertz CT molecular complexity index is 649. The van der Waals surface area contributed by atoms with Gasteiger partial charge in [-0.05, 0) is 25.1 Å².